The summed E-state index contributed by atoms with van der Waals surface area (Å²) >= 11 is 5.90. The van der Waals surface area contributed by atoms with Crippen LogP contribution in [0.1, 0.15) is 22.2 Å². The molecule has 0 unspecified atom stereocenters. The van der Waals surface area contributed by atoms with Crippen molar-refractivity contribution in [2.75, 3.05) is 6.54 Å². The van der Waals surface area contributed by atoms with Crippen LogP contribution < -0.4 is 5.32 Å². The monoisotopic (exact) mass is 315 g/mol. The van der Waals surface area contributed by atoms with Crippen molar-refractivity contribution in [3.63, 3.8) is 0 Å². The predicted octanol–water partition coefficient (Wildman–Crippen LogP) is 3.15. The van der Waals surface area contributed by atoms with Crippen LogP contribution in [0.5, 0.6) is 0 Å². The molecule has 5 nitrogen and oxygen atoms in total. The molecular formula is C16H14ClN3O2. The second kappa shape index (κ2) is 6.49. The average Bonchev–Trinajstić information content (AvgIpc) is 3.21. The Balaban J connectivity index is 1.73. The van der Waals surface area contributed by atoms with Crippen LogP contribution in [0.15, 0.2) is 65.5 Å². The first kappa shape index (κ1) is 14.4. The van der Waals surface area contributed by atoms with Gasteiger partial charge in [0, 0.05) is 29.5 Å². The standard InChI is InChI=1S/C16H14ClN3O2/c17-13-5-1-4-12(10-13)16(21)18-11-14(15-6-2-9-22-15)20-8-3-7-19-20/h1-10,14H,11H2,(H,18,21)/t14-/m1/s1. The van der Waals surface area contributed by atoms with E-state index in [-0.39, 0.29) is 11.9 Å². The van der Waals surface area contributed by atoms with Crippen molar-refractivity contribution in [3.8, 4) is 0 Å². The third-order valence-corrected chi connectivity index (χ3v) is 3.49. The number of hydrogen-bond acceptors (Lipinski definition) is 3. The minimum Gasteiger partial charge on any atom is -0.467 e. The average molecular weight is 316 g/mol. The van der Waals surface area contributed by atoms with E-state index in [2.05, 4.69) is 10.4 Å². The Morgan fingerprint density at radius 3 is 2.91 bits per heavy atom. The number of nitrogens with zero attached hydrogens (tertiary/aromatic N) is 2. The molecule has 112 valence electrons. The van der Waals surface area contributed by atoms with Gasteiger partial charge < -0.3 is 9.73 Å². The number of nitrogens with one attached hydrogen (secondary N) is 1. The smallest absolute Gasteiger partial charge is 0.251 e. The van der Waals surface area contributed by atoms with Gasteiger partial charge in [-0.15, -0.1) is 0 Å². The molecule has 0 radical (unpaired) electrons. The molecule has 2 heterocycles. The number of halogens is 1. The highest BCUT2D eigenvalue weighted by molar-refractivity contribution is 6.30. The summed E-state index contributed by atoms with van der Waals surface area (Å²) in [7, 11) is 0. The van der Waals surface area contributed by atoms with Gasteiger partial charge in [0.15, 0.2) is 0 Å². The van der Waals surface area contributed by atoms with Crippen LogP contribution in [-0.4, -0.2) is 22.2 Å². The van der Waals surface area contributed by atoms with Crippen LogP contribution in [0, 0.1) is 0 Å². The number of carbonyl (C=O) groups is 1. The third-order valence-electron chi connectivity index (χ3n) is 3.26. The van der Waals surface area contributed by atoms with Crippen molar-refractivity contribution >= 4 is 17.5 Å². The number of rotatable bonds is 5. The number of aromatic nitrogens is 2. The Bertz CT molecular complexity index is 704. The van der Waals surface area contributed by atoms with Crippen LogP contribution in [-0.2, 0) is 0 Å². The van der Waals surface area contributed by atoms with Gasteiger partial charge in [0.25, 0.3) is 5.91 Å². The number of hydrogen-bond donors (Lipinski definition) is 1. The zero-order chi connectivity index (χ0) is 15.4. The predicted molar refractivity (Wildman–Crippen MR) is 82.9 cm³/mol. The van der Waals surface area contributed by atoms with Crippen molar-refractivity contribution in [1.82, 2.24) is 15.1 Å². The number of benzene rings is 1. The molecule has 1 atom stereocenters. The fraction of sp³-hybridized carbons (Fsp3) is 0.125. The van der Waals surface area contributed by atoms with E-state index < -0.39 is 0 Å². The van der Waals surface area contributed by atoms with Crippen molar-refractivity contribution in [2.45, 2.75) is 6.04 Å². The van der Waals surface area contributed by atoms with Gasteiger partial charge in [-0.25, -0.2) is 0 Å². The van der Waals surface area contributed by atoms with Gasteiger partial charge in [0.05, 0.1) is 6.26 Å². The highest BCUT2D eigenvalue weighted by atomic mass is 35.5. The first-order valence-corrected chi connectivity index (χ1v) is 7.18. The molecule has 0 bridgehead atoms. The first-order chi connectivity index (χ1) is 10.7. The van der Waals surface area contributed by atoms with Gasteiger partial charge in [-0.2, -0.15) is 5.10 Å². The fourth-order valence-corrected chi connectivity index (χ4v) is 2.38. The van der Waals surface area contributed by atoms with E-state index in [1.165, 1.54) is 0 Å². The summed E-state index contributed by atoms with van der Waals surface area (Å²) in [6, 6.07) is 12.1. The van der Waals surface area contributed by atoms with E-state index in [1.807, 2.05) is 24.4 Å². The number of amides is 1. The molecule has 2 aromatic heterocycles. The third kappa shape index (κ3) is 3.20. The van der Waals surface area contributed by atoms with E-state index in [9.17, 15) is 4.79 Å². The topological polar surface area (TPSA) is 60.1 Å². The maximum atomic E-state index is 12.2. The Hall–Kier alpha value is -2.53. The second-order valence-corrected chi connectivity index (χ2v) is 5.17. The van der Waals surface area contributed by atoms with E-state index in [0.29, 0.717) is 17.1 Å². The summed E-state index contributed by atoms with van der Waals surface area (Å²) in [6.45, 7) is 0.362. The molecule has 22 heavy (non-hydrogen) atoms. The van der Waals surface area contributed by atoms with Gasteiger partial charge >= 0.3 is 0 Å². The quantitative estimate of drug-likeness (QED) is 0.787. The highest BCUT2D eigenvalue weighted by Gasteiger charge is 2.18. The second-order valence-electron chi connectivity index (χ2n) is 4.74. The summed E-state index contributed by atoms with van der Waals surface area (Å²) in [4.78, 5) is 12.2. The molecule has 3 rings (SSSR count). The minimum atomic E-state index is -0.201. The van der Waals surface area contributed by atoms with E-state index in [1.54, 1.807) is 41.4 Å². The maximum absolute atomic E-state index is 12.2. The molecule has 0 aliphatic carbocycles. The molecule has 1 amide bonds. The first-order valence-electron chi connectivity index (χ1n) is 6.80. The Kier molecular flexibility index (Phi) is 4.25. The Morgan fingerprint density at radius 1 is 1.32 bits per heavy atom. The number of carbonyl (C=O) groups excluding carboxylic acids is 1. The van der Waals surface area contributed by atoms with Crippen LogP contribution in [0.4, 0.5) is 0 Å². The Labute approximate surface area is 132 Å². The van der Waals surface area contributed by atoms with Gasteiger partial charge in [-0.1, -0.05) is 17.7 Å². The molecule has 6 heteroatoms. The minimum absolute atomic E-state index is 0.189. The fourth-order valence-electron chi connectivity index (χ4n) is 2.19. The van der Waals surface area contributed by atoms with Crippen LogP contribution in [0.25, 0.3) is 0 Å². The summed E-state index contributed by atoms with van der Waals surface area (Å²) in [5.74, 6) is 0.543. The number of furan rings is 1. The zero-order valence-corrected chi connectivity index (χ0v) is 12.4. The van der Waals surface area contributed by atoms with E-state index in [4.69, 9.17) is 16.0 Å². The molecule has 0 aliphatic heterocycles. The van der Waals surface area contributed by atoms with Crippen molar-refractivity contribution < 1.29 is 9.21 Å². The van der Waals surface area contributed by atoms with Crippen LogP contribution in [0.2, 0.25) is 5.02 Å². The summed E-state index contributed by atoms with van der Waals surface area (Å²) in [5.41, 5.74) is 0.520. The van der Waals surface area contributed by atoms with Crippen LogP contribution >= 0.6 is 11.6 Å². The molecule has 1 aromatic carbocycles. The lowest BCUT2D eigenvalue weighted by Gasteiger charge is -2.16. The highest BCUT2D eigenvalue weighted by Crippen LogP contribution is 2.17. The molecule has 0 fully saturated rings. The SMILES string of the molecule is O=C(NC[C@H](c1ccco1)n1cccn1)c1cccc(Cl)c1. The molecule has 3 aromatic rings. The van der Waals surface area contributed by atoms with Gasteiger partial charge in [-0.05, 0) is 36.4 Å². The van der Waals surface area contributed by atoms with Gasteiger partial charge in [0.2, 0.25) is 0 Å². The summed E-state index contributed by atoms with van der Waals surface area (Å²) in [6.07, 6.45) is 5.12. The lowest BCUT2D eigenvalue weighted by Crippen LogP contribution is -2.31. The largest absolute Gasteiger partial charge is 0.467 e. The molecule has 1 N–H and O–H groups in total. The van der Waals surface area contributed by atoms with E-state index >= 15 is 0 Å². The van der Waals surface area contributed by atoms with Crippen molar-refractivity contribution in [2.24, 2.45) is 0 Å². The zero-order valence-electron chi connectivity index (χ0n) is 11.6. The molecule has 0 saturated carbocycles. The van der Waals surface area contributed by atoms with Gasteiger partial charge in [-0.3, -0.25) is 9.48 Å². The lowest BCUT2D eigenvalue weighted by molar-refractivity contribution is 0.0948. The maximum Gasteiger partial charge on any atom is 0.251 e. The molecule has 0 aliphatic rings. The van der Waals surface area contributed by atoms with Crippen LogP contribution in [0.3, 0.4) is 0 Å². The van der Waals surface area contributed by atoms with Crippen molar-refractivity contribution in [1.29, 1.82) is 0 Å². The molecular weight excluding hydrogens is 302 g/mol. The normalized spacial score (nSPS) is 12.0. The summed E-state index contributed by atoms with van der Waals surface area (Å²) in [5, 5.41) is 7.64. The van der Waals surface area contributed by atoms with Gasteiger partial charge in [0.1, 0.15) is 11.8 Å². The summed E-state index contributed by atoms with van der Waals surface area (Å²) < 4.78 is 7.19. The Morgan fingerprint density at radius 2 is 2.23 bits per heavy atom. The van der Waals surface area contributed by atoms with E-state index in [0.717, 1.165) is 5.76 Å². The lowest BCUT2D eigenvalue weighted by atomic mass is 10.2. The molecule has 0 spiro atoms. The van der Waals surface area contributed by atoms with Crippen molar-refractivity contribution in [3.05, 3.63) is 77.5 Å². The molecule has 0 saturated heterocycles.